The number of rotatable bonds is 7. The first-order chi connectivity index (χ1) is 5.68. The molecule has 0 rings (SSSR count). The molecule has 0 atom stereocenters. The normalized spacial score (nSPS) is 9.92. The minimum Gasteiger partial charge on any atom is -0.423 e. The zero-order valence-electron chi connectivity index (χ0n) is 7.92. The molecular weight excluding hydrogens is 151 g/mol. The molecule has 0 aliphatic rings. The summed E-state index contributed by atoms with van der Waals surface area (Å²) in [6.07, 6.45) is 6.68. The Kier molecular flexibility index (Phi) is 7.21. The fourth-order valence-electron chi connectivity index (χ4n) is 1.08. The minimum absolute atomic E-state index is 0.534. The van der Waals surface area contributed by atoms with E-state index in [2.05, 4.69) is 13.5 Å². The maximum Gasteiger partial charge on any atom is 0.483 e. The Hall–Kier alpha value is -0.275. The zero-order valence-corrected chi connectivity index (χ0v) is 7.92. The van der Waals surface area contributed by atoms with E-state index in [9.17, 15) is 0 Å². The molecule has 2 nitrogen and oxygen atoms in total. The van der Waals surface area contributed by atoms with Crippen LogP contribution in [0, 0.1) is 0 Å². The predicted molar refractivity (Wildman–Crippen MR) is 52.7 cm³/mol. The third kappa shape index (κ3) is 6.44. The molecule has 0 saturated carbocycles. The molecule has 3 heteroatoms. The molecule has 0 amide bonds. The van der Waals surface area contributed by atoms with Crippen LogP contribution in [-0.2, 0) is 0 Å². The van der Waals surface area contributed by atoms with Gasteiger partial charge in [-0.25, -0.2) is 0 Å². The second kappa shape index (κ2) is 7.38. The summed E-state index contributed by atoms with van der Waals surface area (Å²) < 4.78 is 0. The first kappa shape index (κ1) is 11.7. The molecule has 2 N–H and O–H groups in total. The van der Waals surface area contributed by atoms with E-state index in [1.54, 1.807) is 0 Å². The molecule has 0 saturated heterocycles. The highest BCUT2D eigenvalue weighted by molar-refractivity contribution is 6.50. The summed E-state index contributed by atoms with van der Waals surface area (Å²) in [5, 5.41) is 17.4. The van der Waals surface area contributed by atoms with Crippen LogP contribution in [0.1, 0.15) is 45.4 Å². The Labute approximate surface area is 75.5 Å². The van der Waals surface area contributed by atoms with Gasteiger partial charge >= 0.3 is 7.12 Å². The lowest BCUT2D eigenvalue weighted by atomic mass is 9.78. The highest BCUT2D eigenvalue weighted by atomic mass is 16.4. The lowest BCUT2D eigenvalue weighted by Crippen LogP contribution is -2.14. The number of unbranched alkanes of at least 4 members (excludes halogenated alkanes) is 4. The first-order valence-electron chi connectivity index (χ1n) is 4.72. The topological polar surface area (TPSA) is 40.5 Å². The van der Waals surface area contributed by atoms with E-state index < -0.39 is 7.12 Å². The van der Waals surface area contributed by atoms with Crippen LogP contribution in [0.25, 0.3) is 0 Å². The SMILES string of the molecule is C=C(CCCCCCC)B(O)O. The average molecular weight is 170 g/mol. The van der Waals surface area contributed by atoms with Crippen molar-refractivity contribution >= 4 is 7.12 Å². The Morgan fingerprint density at radius 2 is 1.75 bits per heavy atom. The Morgan fingerprint density at radius 3 is 2.25 bits per heavy atom. The van der Waals surface area contributed by atoms with Gasteiger partial charge in [-0.05, 0) is 11.9 Å². The summed E-state index contributed by atoms with van der Waals surface area (Å²) in [6, 6.07) is 0. The molecular formula is C9H19BO2. The quantitative estimate of drug-likeness (QED) is 0.452. The monoisotopic (exact) mass is 170 g/mol. The van der Waals surface area contributed by atoms with E-state index in [1.807, 2.05) is 0 Å². The van der Waals surface area contributed by atoms with Gasteiger partial charge in [-0.1, -0.05) is 39.0 Å². The summed E-state index contributed by atoms with van der Waals surface area (Å²) in [5.74, 6) is 0. The van der Waals surface area contributed by atoms with Gasteiger partial charge in [0.15, 0.2) is 0 Å². The smallest absolute Gasteiger partial charge is 0.423 e. The van der Waals surface area contributed by atoms with Gasteiger partial charge in [-0.3, -0.25) is 0 Å². The summed E-state index contributed by atoms with van der Waals surface area (Å²) >= 11 is 0. The molecule has 0 aromatic carbocycles. The Morgan fingerprint density at radius 1 is 1.17 bits per heavy atom. The van der Waals surface area contributed by atoms with Gasteiger partial charge in [0.2, 0.25) is 0 Å². The van der Waals surface area contributed by atoms with E-state index in [1.165, 1.54) is 25.7 Å². The van der Waals surface area contributed by atoms with Gasteiger partial charge in [0.1, 0.15) is 0 Å². The van der Waals surface area contributed by atoms with Crippen LogP contribution in [-0.4, -0.2) is 17.2 Å². The minimum atomic E-state index is -1.32. The van der Waals surface area contributed by atoms with E-state index in [0.717, 1.165) is 12.8 Å². The lowest BCUT2D eigenvalue weighted by Gasteiger charge is -2.03. The van der Waals surface area contributed by atoms with Crippen molar-refractivity contribution in [3.8, 4) is 0 Å². The lowest BCUT2D eigenvalue weighted by molar-refractivity contribution is 0.415. The Bertz CT molecular complexity index is 124. The summed E-state index contributed by atoms with van der Waals surface area (Å²) in [6.45, 7) is 5.75. The molecule has 0 aliphatic heterocycles. The predicted octanol–water partition coefficient (Wildman–Crippen LogP) is 1.92. The van der Waals surface area contributed by atoms with Crippen LogP contribution in [0.5, 0.6) is 0 Å². The molecule has 0 aliphatic carbocycles. The third-order valence-corrected chi connectivity index (χ3v) is 1.97. The Balaban J connectivity index is 3.14. The zero-order chi connectivity index (χ0) is 9.40. The highest BCUT2D eigenvalue weighted by Gasteiger charge is 2.10. The number of hydrogen-bond acceptors (Lipinski definition) is 2. The van der Waals surface area contributed by atoms with Crippen LogP contribution < -0.4 is 0 Å². The molecule has 0 heterocycles. The summed E-state index contributed by atoms with van der Waals surface area (Å²) in [7, 11) is -1.32. The summed E-state index contributed by atoms with van der Waals surface area (Å²) in [4.78, 5) is 0. The number of hydrogen-bond donors (Lipinski definition) is 2. The van der Waals surface area contributed by atoms with Crippen molar-refractivity contribution in [3.05, 3.63) is 12.1 Å². The van der Waals surface area contributed by atoms with Crippen LogP contribution in [0.4, 0.5) is 0 Å². The largest absolute Gasteiger partial charge is 0.483 e. The third-order valence-electron chi connectivity index (χ3n) is 1.97. The van der Waals surface area contributed by atoms with Gasteiger partial charge in [-0.2, -0.15) is 0 Å². The maximum atomic E-state index is 8.68. The van der Waals surface area contributed by atoms with Crippen molar-refractivity contribution < 1.29 is 10.0 Å². The fraction of sp³-hybridized carbons (Fsp3) is 0.778. The van der Waals surface area contributed by atoms with Crippen molar-refractivity contribution in [2.45, 2.75) is 45.4 Å². The van der Waals surface area contributed by atoms with E-state index in [-0.39, 0.29) is 0 Å². The maximum absolute atomic E-state index is 8.68. The summed E-state index contributed by atoms with van der Waals surface area (Å²) in [5.41, 5.74) is 0.534. The molecule has 0 spiro atoms. The van der Waals surface area contributed by atoms with Crippen molar-refractivity contribution in [2.24, 2.45) is 0 Å². The molecule has 0 fully saturated rings. The van der Waals surface area contributed by atoms with Gasteiger partial charge in [0.05, 0.1) is 0 Å². The van der Waals surface area contributed by atoms with E-state index >= 15 is 0 Å². The highest BCUT2D eigenvalue weighted by Crippen LogP contribution is 2.09. The molecule has 0 aromatic rings. The molecule has 12 heavy (non-hydrogen) atoms. The second-order valence-corrected chi connectivity index (χ2v) is 3.20. The van der Waals surface area contributed by atoms with E-state index in [4.69, 9.17) is 10.0 Å². The molecule has 0 aromatic heterocycles. The van der Waals surface area contributed by atoms with Crippen molar-refractivity contribution in [1.29, 1.82) is 0 Å². The molecule has 0 radical (unpaired) electrons. The van der Waals surface area contributed by atoms with Crippen LogP contribution >= 0.6 is 0 Å². The second-order valence-electron chi connectivity index (χ2n) is 3.20. The molecule has 70 valence electrons. The first-order valence-corrected chi connectivity index (χ1v) is 4.72. The van der Waals surface area contributed by atoms with Crippen LogP contribution in [0.3, 0.4) is 0 Å². The van der Waals surface area contributed by atoms with Crippen molar-refractivity contribution in [2.75, 3.05) is 0 Å². The van der Waals surface area contributed by atoms with Gasteiger partial charge in [0, 0.05) is 0 Å². The average Bonchev–Trinajstić information content (AvgIpc) is 2.03. The molecule has 0 unspecified atom stereocenters. The van der Waals surface area contributed by atoms with Crippen LogP contribution in [0.2, 0.25) is 0 Å². The van der Waals surface area contributed by atoms with Gasteiger partial charge in [0.25, 0.3) is 0 Å². The van der Waals surface area contributed by atoms with Gasteiger partial charge < -0.3 is 10.0 Å². The van der Waals surface area contributed by atoms with Crippen molar-refractivity contribution in [1.82, 2.24) is 0 Å². The number of allylic oxidation sites excluding steroid dienone is 1. The fourth-order valence-corrected chi connectivity index (χ4v) is 1.08. The van der Waals surface area contributed by atoms with Crippen molar-refractivity contribution in [3.63, 3.8) is 0 Å². The molecule has 0 bridgehead atoms. The van der Waals surface area contributed by atoms with Gasteiger partial charge in [-0.15, -0.1) is 6.58 Å². The standard InChI is InChI=1S/C9H19BO2/c1-3-4-5-6-7-8-9(2)10(11)12/h11-12H,2-8H2,1H3. The van der Waals surface area contributed by atoms with E-state index in [0.29, 0.717) is 5.47 Å². The van der Waals surface area contributed by atoms with Crippen LogP contribution in [0.15, 0.2) is 12.1 Å².